The minimum Gasteiger partial charge on any atom is -0.353 e. The van der Waals surface area contributed by atoms with E-state index in [4.69, 9.17) is 0 Å². The number of nitrogens with zero attached hydrogens (tertiary/aromatic N) is 7. The molecule has 10 nitrogen and oxygen atoms in total. The molecule has 3 aromatic rings. The fraction of sp³-hybridized carbons (Fsp3) is 0.333. The molecule has 34 heavy (non-hydrogen) atoms. The monoisotopic (exact) mass is 459 g/mol. The molecule has 10 heteroatoms. The summed E-state index contributed by atoms with van der Waals surface area (Å²) in [4.78, 5) is 51.9. The molecule has 1 aromatic carbocycles. The van der Waals surface area contributed by atoms with Crippen molar-refractivity contribution in [3.8, 4) is 5.82 Å². The lowest BCUT2D eigenvalue weighted by Gasteiger charge is -2.35. The Morgan fingerprint density at radius 2 is 1.62 bits per heavy atom. The van der Waals surface area contributed by atoms with Crippen molar-refractivity contribution >= 4 is 23.5 Å². The predicted molar refractivity (Wildman–Crippen MR) is 124 cm³/mol. The average molecular weight is 460 g/mol. The van der Waals surface area contributed by atoms with Crippen LogP contribution in [0.2, 0.25) is 0 Å². The molecule has 0 spiro atoms. The molecule has 4 heterocycles. The molecule has 174 valence electrons. The lowest BCUT2D eigenvalue weighted by Crippen LogP contribution is -2.49. The second-order valence-electron chi connectivity index (χ2n) is 8.36. The number of amides is 3. The average Bonchev–Trinajstić information content (AvgIpc) is 3.48. The lowest BCUT2D eigenvalue weighted by molar-refractivity contribution is -0.131. The highest BCUT2D eigenvalue weighted by atomic mass is 16.2. The van der Waals surface area contributed by atoms with Crippen LogP contribution in [0.25, 0.3) is 5.82 Å². The van der Waals surface area contributed by atoms with E-state index >= 15 is 0 Å². The van der Waals surface area contributed by atoms with Crippen molar-refractivity contribution in [2.45, 2.75) is 19.8 Å². The number of hydrogen-bond donors (Lipinski definition) is 0. The quantitative estimate of drug-likeness (QED) is 0.517. The van der Waals surface area contributed by atoms with Crippen LogP contribution in [0.1, 0.15) is 39.4 Å². The summed E-state index contributed by atoms with van der Waals surface area (Å²) in [5.74, 6) is 1.66. The Hall–Kier alpha value is -4.08. The van der Waals surface area contributed by atoms with Gasteiger partial charge in [0.2, 0.25) is 5.91 Å². The number of carbonyl (C=O) groups is 3. The first-order chi connectivity index (χ1) is 16.5. The van der Waals surface area contributed by atoms with Crippen LogP contribution in [-0.4, -0.2) is 80.0 Å². The molecule has 0 unspecified atom stereocenters. The Kier molecular flexibility index (Phi) is 5.79. The highest BCUT2D eigenvalue weighted by molar-refractivity contribution is 6.21. The number of piperazine rings is 1. The van der Waals surface area contributed by atoms with Crippen LogP contribution in [0.4, 0.5) is 5.82 Å². The second-order valence-corrected chi connectivity index (χ2v) is 8.36. The Morgan fingerprint density at radius 1 is 0.941 bits per heavy atom. The van der Waals surface area contributed by atoms with E-state index in [0.717, 1.165) is 5.82 Å². The van der Waals surface area contributed by atoms with Crippen molar-refractivity contribution in [1.82, 2.24) is 29.5 Å². The van der Waals surface area contributed by atoms with E-state index in [1.54, 1.807) is 35.1 Å². The van der Waals surface area contributed by atoms with Gasteiger partial charge >= 0.3 is 0 Å². The molecule has 1 saturated heterocycles. The zero-order valence-electron chi connectivity index (χ0n) is 18.9. The van der Waals surface area contributed by atoms with Crippen molar-refractivity contribution in [1.29, 1.82) is 0 Å². The third-order valence-corrected chi connectivity index (χ3v) is 6.16. The standard InChI is InChI=1S/C24H25N7O3/c1-17-26-20(16-21(27-17)31-11-5-9-25-31)28-12-14-29(15-13-28)22(32)8-4-10-30-23(33)18-6-2-3-7-19(18)24(30)34/h2-3,5-7,9,11,16H,4,8,10,12-15H2,1H3. The number of imide groups is 1. The number of aromatic nitrogens is 4. The number of benzene rings is 1. The number of fused-ring (bicyclic) bond motifs is 1. The topological polar surface area (TPSA) is 105 Å². The third-order valence-electron chi connectivity index (χ3n) is 6.16. The predicted octanol–water partition coefficient (Wildman–Crippen LogP) is 1.70. The molecule has 0 saturated carbocycles. The summed E-state index contributed by atoms with van der Waals surface area (Å²) in [5, 5.41) is 4.24. The number of hydrogen-bond acceptors (Lipinski definition) is 7. The maximum absolute atomic E-state index is 12.7. The third kappa shape index (κ3) is 4.14. The smallest absolute Gasteiger partial charge is 0.261 e. The van der Waals surface area contributed by atoms with Crippen molar-refractivity contribution < 1.29 is 14.4 Å². The van der Waals surface area contributed by atoms with Crippen LogP contribution >= 0.6 is 0 Å². The molecule has 0 bridgehead atoms. The highest BCUT2D eigenvalue weighted by Crippen LogP contribution is 2.23. The van der Waals surface area contributed by atoms with Gasteiger partial charge in [-0.25, -0.2) is 14.6 Å². The van der Waals surface area contributed by atoms with Gasteiger partial charge < -0.3 is 9.80 Å². The fourth-order valence-electron chi connectivity index (χ4n) is 4.39. The van der Waals surface area contributed by atoms with E-state index < -0.39 is 0 Å². The number of aryl methyl sites for hydroxylation is 1. The fourth-order valence-corrected chi connectivity index (χ4v) is 4.39. The summed E-state index contributed by atoms with van der Waals surface area (Å²) in [6, 6.07) is 10.6. The van der Waals surface area contributed by atoms with Crippen LogP contribution < -0.4 is 4.90 Å². The first-order valence-electron chi connectivity index (χ1n) is 11.3. The zero-order chi connectivity index (χ0) is 23.7. The Balaban J connectivity index is 1.13. The van der Waals surface area contributed by atoms with Gasteiger partial charge in [-0.3, -0.25) is 19.3 Å². The maximum Gasteiger partial charge on any atom is 0.261 e. The van der Waals surface area contributed by atoms with Crippen molar-refractivity contribution in [2.24, 2.45) is 0 Å². The Labute approximate surface area is 196 Å². The van der Waals surface area contributed by atoms with Crippen molar-refractivity contribution in [3.63, 3.8) is 0 Å². The van der Waals surface area contributed by atoms with Crippen LogP contribution in [0.5, 0.6) is 0 Å². The van der Waals surface area contributed by atoms with Crippen LogP contribution in [0.15, 0.2) is 48.8 Å². The van der Waals surface area contributed by atoms with Gasteiger partial charge in [0.1, 0.15) is 11.6 Å². The van der Waals surface area contributed by atoms with Crippen LogP contribution in [-0.2, 0) is 4.79 Å². The molecule has 1 fully saturated rings. The van der Waals surface area contributed by atoms with E-state index in [2.05, 4.69) is 20.0 Å². The van der Waals surface area contributed by atoms with Gasteiger partial charge in [0.05, 0.1) is 11.1 Å². The number of rotatable bonds is 6. The first-order valence-corrected chi connectivity index (χ1v) is 11.3. The molecule has 2 aliphatic rings. The maximum atomic E-state index is 12.7. The van der Waals surface area contributed by atoms with Gasteiger partial charge in [0, 0.05) is 57.6 Å². The van der Waals surface area contributed by atoms with E-state index in [9.17, 15) is 14.4 Å². The summed E-state index contributed by atoms with van der Waals surface area (Å²) in [7, 11) is 0. The first kappa shape index (κ1) is 21.7. The minimum absolute atomic E-state index is 0.0346. The van der Waals surface area contributed by atoms with Gasteiger partial charge in [0.15, 0.2) is 5.82 Å². The summed E-state index contributed by atoms with van der Waals surface area (Å²) >= 11 is 0. The van der Waals surface area contributed by atoms with E-state index in [1.807, 2.05) is 30.2 Å². The summed E-state index contributed by atoms with van der Waals surface area (Å²) in [6.07, 6.45) is 4.28. The molecule has 2 aromatic heterocycles. The highest BCUT2D eigenvalue weighted by Gasteiger charge is 2.34. The van der Waals surface area contributed by atoms with Crippen molar-refractivity contribution in [2.75, 3.05) is 37.6 Å². The number of anilines is 1. The molecule has 0 atom stereocenters. The molecule has 3 amide bonds. The van der Waals surface area contributed by atoms with E-state index in [0.29, 0.717) is 61.8 Å². The van der Waals surface area contributed by atoms with Crippen LogP contribution in [0, 0.1) is 6.92 Å². The van der Waals surface area contributed by atoms with Gasteiger partial charge in [-0.15, -0.1) is 0 Å². The molecule has 0 N–H and O–H groups in total. The SMILES string of the molecule is Cc1nc(N2CCN(C(=O)CCCN3C(=O)c4ccccc4C3=O)CC2)cc(-n2cccn2)n1. The van der Waals surface area contributed by atoms with Gasteiger partial charge in [0.25, 0.3) is 11.8 Å². The minimum atomic E-state index is -0.281. The van der Waals surface area contributed by atoms with Gasteiger partial charge in [-0.2, -0.15) is 5.10 Å². The lowest BCUT2D eigenvalue weighted by atomic mass is 10.1. The summed E-state index contributed by atoms with van der Waals surface area (Å²) in [5.41, 5.74) is 0.872. The molecule has 0 aliphatic carbocycles. The molecule has 5 rings (SSSR count). The molecular weight excluding hydrogens is 434 g/mol. The number of carbonyl (C=O) groups excluding carboxylic acids is 3. The Bertz CT molecular complexity index is 1200. The molecule has 2 aliphatic heterocycles. The van der Waals surface area contributed by atoms with Gasteiger partial charge in [-0.1, -0.05) is 12.1 Å². The second kappa shape index (κ2) is 9.05. The van der Waals surface area contributed by atoms with E-state index in [-0.39, 0.29) is 24.3 Å². The largest absolute Gasteiger partial charge is 0.353 e. The van der Waals surface area contributed by atoms with Gasteiger partial charge in [-0.05, 0) is 31.5 Å². The molecular formula is C24H25N7O3. The normalized spacial score (nSPS) is 15.7. The summed E-state index contributed by atoms with van der Waals surface area (Å²) in [6.45, 7) is 4.61. The Morgan fingerprint density at radius 3 is 2.26 bits per heavy atom. The zero-order valence-corrected chi connectivity index (χ0v) is 18.9. The van der Waals surface area contributed by atoms with Crippen molar-refractivity contribution in [3.05, 3.63) is 65.7 Å². The molecule has 0 radical (unpaired) electrons. The van der Waals surface area contributed by atoms with E-state index in [1.165, 1.54) is 4.90 Å². The van der Waals surface area contributed by atoms with Crippen LogP contribution in [0.3, 0.4) is 0 Å². The summed E-state index contributed by atoms with van der Waals surface area (Å²) < 4.78 is 1.70.